The first kappa shape index (κ1) is 13.9. The Labute approximate surface area is 124 Å². The third-order valence-electron chi connectivity index (χ3n) is 4.04. The zero-order valence-electron chi connectivity index (χ0n) is 12.1. The minimum Gasteiger partial charge on any atom is -0.491 e. The molecule has 21 heavy (non-hydrogen) atoms. The number of nitrogens with zero attached hydrogens (tertiary/aromatic N) is 2. The van der Waals surface area contributed by atoms with Crippen LogP contribution in [-0.4, -0.2) is 49.4 Å². The average Bonchev–Trinajstić information content (AvgIpc) is 2.71. The van der Waals surface area contributed by atoms with Crippen LogP contribution in [0.5, 0.6) is 5.75 Å². The van der Waals surface area contributed by atoms with Gasteiger partial charge in [-0.3, -0.25) is 9.59 Å². The number of piperidine rings is 1. The Morgan fingerprint density at radius 2 is 1.90 bits per heavy atom. The van der Waals surface area contributed by atoms with Crippen molar-refractivity contribution >= 4 is 17.4 Å². The molecule has 5 nitrogen and oxygen atoms in total. The number of ketones is 1. The number of carbonyl (C=O) groups is 2. The van der Waals surface area contributed by atoms with Crippen molar-refractivity contribution in [1.82, 2.24) is 4.90 Å². The summed E-state index contributed by atoms with van der Waals surface area (Å²) in [6.45, 7) is 2.97. The van der Waals surface area contributed by atoms with Crippen LogP contribution in [0.2, 0.25) is 0 Å². The van der Waals surface area contributed by atoms with E-state index in [1.54, 1.807) is 4.90 Å². The van der Waals surface area contributed by atoms with Gasteiger partial charge in [-0.05, 0) is 18.6 Å². The summed E-state index contributed by atoms with van der Waals surface area (Å²) in [5.74, 6) is 1.20. The molecule has 1 saturated heterocycles. The Balaban J connectivity index is 1.69. The second-order valence-corrected chi connectivity index (χ2v) is 5.51. The zero-order chi connectivity index (χ0) is 14.7. The second-order valence-electron chi connectivity index (χ2n) is 5.51. The van der Waals surface area contributed by atoms with E-state index >= 15 is 0 Å². The molecular weight excluding hydrogens is 268 g/mol. The van der Waals surface area contributed by atoms with Crippen molar-refractivity contribution in [3.05, 3.63) is 24.3 Å². The van der Waals surface area contributed by atoms with E-state index in [1.165, 1.54) is 0 Å². The molecule has 0 atom stereocenters. The minimum absolute atomic E-state index is 0.0965. The normalized spacial score (nSPS) is 18.8. The fourth-order valence-corrected chi connectivity index (χ4v) is 2.83. The van der Waals surface area contributed by atoms with Crippen LogP contribution in [0.3, 0.4) is 0 Å². The molecule has 0 spiro atoms. The zero-order valence-corrected chi connectivity index (χ0v) is 12.1. The molecule has 1 amide bonds. The lowest BCUT2D eigenvalue weighted by Gasteiger charge is -2.30. The van der Waals surface area contributed by atoms with Crippen LogP contribution in [0.15, 0.2) is 24.3 Å². The van der Waals surface area contributed by atoms with E-state index in [1.807, 2.05) is 24.3 Å². The summed E-state index contributed by atoms with van der Waals surface area (Å²) in [5, 5.41) is 0. The maximum Gasteiger partial charge on any atom is 0.242 e. The number of anilines is 1. The van der Waals surface area contributed by atoms with Crippen molar-refractivity contribution in [2.45, 2.75) is 19.3 Å². The minimum atomic E-state index is 0.0965. The van der Waals surface area contributed by atoms with Crippen molar-refractivity contribution < 1.29 is 14.3 Å². The standard InChI is InChI=1S/C16H20N2O3/c19-13-6-9-17(10-7-13)16(20)12-18-8-3-11-21-15-5-2-1-4-14(15)18/h1-2,4-5H,3,6-12H2. The number of amides is 1. The van der Waals surface area contributed by atoms with E-state index in [2.05, 4.69) is 4.90 Å². The van der Waals surface area contributed by atoms with E-state index in [0.717, 1.165) is 24.4 Å². The Kier molecular flexibility index (Phi) is 4.08. The molecular formula is C16H20N2O3. The van der Waals surface area contributed by atoms with Crippen LogP contribution in [0, 0.1) is 0 Å². The van der Waals surface area contributed by atoms with Gasteiger partial charge in [0.2, 0.25) is 5.91 Å². The van der Waals surface area contributed by atoms with Gasteiger partial charge in [-0.15, -0.1) is 0 Å². The van der Waals surface area contributed by atoms with Crippen LogP contribution >= 0.6 is 0 Å². The van der Waals surface area contributed by atoms with Crippen LogP contribution in [-0.2, 0) is 9.59 Å². The maximum absolute atomic E-state index is 12.4. The number of ether oxygens (including phenoxy) is 1. The Hall–Kier alpha value is -2.04. The van der Waals surface area contributed by atoms with Gasteiger partial charge < -0.3 is 14.5 Å². The first-order valence-electron chi connectivity index (χ1n) is 7.50. The fourth-order valence-electron chi connectivity index (χ4n) is 2.83. The fraction of sp³-hybridized carbons (Fsp3) is 0.500. The lowest BCUT2D eigenvalue weighted by Crippen LogP contribution is -2.44. The van der Waals surface area contributed by atoms with Crippen molar-refractivity contribution in [1.29, 1.82) is 0 Å². The van der Waals surface area contributed by atoms with Crippen LogP contribution in [0.1, 0.15) is 19.3 Å². The van der Waals surface area contributed by atoms with Crippen molar-refractivity contribution in [2.75, 3.05) is 37.7 Å². The van der Waals surface area contributed by atoms with Crippen LogP contribution < -0.4 is 9.64 Å². The SMILES string of the molecule is O=C1CCN(C(=O)CN2CCCOc3ccccc32)CC1. The number of hydrogen-bond donors (Lipinski definition) is 0. The highest BCUT2D eigenvalue weighted by molar-refractivity contribution is 5.86. The van der Waals surface area contributed by atoms with Crippen LogP contribution in [0.4, 0.5) is 5.69 Å². The highest BCUT2D eigenvalue weighted by atomic mass is 16.5. The average molecular weight is 288 g/mol. The molecule has 1 aromatic rings. The van der Waals surface area contributed by atoms with E-state index in [9.17, 15) is 9.59 Å². The number of Topliss-reactive ketones (excluding diaryl/α,β-unsaturated/α-hetero) is 1. The van der Waals surface area contributed by atoms with Crippen molar-refractivity contribution in [2.24, 2.45) is 0 Å². The number of fused-ring (bicyclic) bond motifs is 1. The molecule has 2 aliphatic heterocycles. The monoisotopic (exact) mass is 288 g/mol. The summed E-state index contributed by atoms with van der Waals surface area (Å²) in [4.78, 5) is 27.6. The van der Waals surface area contributed by atoms with Gasteiger partial charge in [0.1, 0.15) is 11.5 Å². The molecule has 0 saturated carbocycles. The third-order valence-corrected chi connectivity index (χ3v) is 4.04. The number of hydrogen-bond acceptors (Lipinski definition) is 4. The van der Waals surface area contributed by atoms with Gasteiger partial charge in [0.15, 0.2) is 0 Å². The Bertz CT molecular complexity index is 534. The number of para-hydroxylation sites is 2. The maximum atomic E-state index is 12.4. The van der Waals surface area contributed by atoms with Gasteiger partial charge in [0.25, 0.3) is 0 Å². The molecule has 2 heterocycles. The molecule has 0 bridgehead atoms. The molecule has 0 unspecified atom stereocenters. The molecule has 0 aliphatic carbocycles. The Morgan fingerprint density at radius 3 is 2.71 bits per heavy atom. The van der Waals surface area contributed by atoms with Gasteiger partial charge in [0.05, 0.1) is 18.8 Å². The molecule has 2 aliphatic rings. The van der Waals surface area contributed by atoms with E-state index in [0.29, 0.717) is 39.1 Å². The quantitative estimate of drug-likeness (QED) is 0.827. The first-order chi connectivity index (χ1) is 10.2. The summed E-state index contributed by atoms with van der Waals surface area (Å²) < 4.78 is 5.71. The number of likely N-dealkylation sites (tertiary alicyclic amines) is 1. The molecule has 112 valence electrons. The third kappa shape index (κ3) is 3.17. The van der Waals surface area contributed by atoms with Gasteiger partial charge >= 0.3 is 0 Å². The first-order valence-corrected chi connectivity index (χ1v) is 7.50. The molecule has 1 aromatic carbocycles. The largest absolute Gasteiger partial charge is 0.491 e. The Morgan fingerprint density at radius 1 is 1.14 bits per heavy atom. The highest BCUT2D eigenvalue weighted by Crippen LogP contribution is 2.30. The van der Waals surface area contributed by atoms with Gasteiger partial charge in [-0.2, -0.15) is 0 Å². The summed E-state index contributed by atoms with van der Waals surface area (Å²) >= 11 is 0. The second kappa shape index (κ2) is 6.16. The molecule has 0 N–H and O–H groups in total. The molecule has 5 heteroatoms. The number of rotatable bonds is 2. The highest BCUT2D eigenvalue weighted by Gasteiger charge is 2.24. The predicted octanol–water partition coefficient (Wildman–Crippen LogP) is 1.47. The van der Waals surface area contributed by atoms with E-state index in [-0.39, 0.29) is 11.7 Å². The van der Waals surface area contributed by atoms with Crippen LogP contribution in [0.25, 0.3) is 0 Å². The van der Waals surface area contributed by atoms with Crippen molar-refractivity contribution in [3.63, 3.8) is 0 Å². The summed E-state index contributed by atoms with van der Waals surface area (Å²) in [6.07, 6.45) is 1.89. The summed E-state index contributed by atoms with van der Waals surface area (Å²) in [5.41, 5.74) is 0.983. The number of benzene rings is 1. The number of carbonyl (C=O) groups excluding carboxylic acids is 2. The van der Waals surface area contributed by atoms with E-state index in [4.69, 9.17) is 4.74 Å². The topological polar surface area (TPSA) is 49.9 Å². The summed E-state index contributed by atoms with van der Waals surface area (Å²) in [7, 11) is 0. The summed E-state index contributed by atoms with van der Waals surface area (Å²) in [6, 6.07) is 7.84. The van der Waals surface area contributed by atoms with Gasteiger partial charge in [-0.25, -0.2) is 0 Å². The molecule has 0 aromatic heterocycles. The molecule has 0 radical (unpaired) electrons. The van der Waals surface area contributed by atoms with Gasteiger partial charge in [-0.1, -0.05) is 12.1 Å². The molecule has 1 fully saturated rings. The lowest BCUT2D eigenvalue weighted by atomic mass is 10.1. The predicted molar refractivity (Wildman–Crippen MR) is 79.6 cm³/mol. The lowest BCUT2D eigenvalue weighted by molar-refractivity contribution is -0.133. The van der Waals surface area contributed by atoms with E-state index < -0.39 is 0 Å². The van der Waals surface area contributed by atoms with Gasteiger partial charge in [0, 0.05) is 32.5 Å². The molecule has 3 rings (SSSR count). The van der Waals surface area contributed by atoms with Crippen molar-refractivity contribution in [3.8, 4) is 5.75 Å². The smallest absolute Gasteiger partial charge is 0.242 e.